The van der Waals surface area contributed by atoms with Crippen LogP contribution in [0.2, 0.25) is 0 Å². The summed E-state index contributed by atoms with van der Waals surface area (Å²) in [5, 5.41) is 0. The van der Waals surface area contributed by atoms with E-state index < -0.39 is 0 Å². The molecular weight excluding hydrogens is 312 g/mol. The van der Waals surface area contributed by atoms with Crippen molar-refractivity contribution in [2.24, 2.45) is 0 Å². The summed E-state index contributed by atoms with van der Waals surface area (Å²) in [4.78, 5) is 22.8. The van der Waals surface area contributed by atoms with E-state index in [2.05, 4.69) is 53.8 Å². The Bertz CT molecular complexity index is 725. The van der Waals surface area contributed by atoms with Crippen LogP contribution in [0.5, 0.6) is 0 Å². The molecule has 5 nitrogen and oxygen atoms in total. The summed E-state index contributed by atoms with van der Waals surface area (Å²) in [6.07, 6.45) is 5.71. The maximum absolute atomic E-state index is 13.3. The molecule has 1 fully saturated rings. The number of carbonyl (C=O) groups excluding carboxylic acids is 1. The molecule has 2 aromatic rings. The van der Waals surface area contributed by atoms with Gasteiger partial charge in [-0.3, -0.25) is 4.90 Å². The standard InChI is InChI=1S/C20H29N4O/c1-4-5-10-24(19-8-6-7-16(2)17(19)3)11-9-23(14-20(24)25)13-18-12-21-15-22-18/h6-8,12,15H,4-5,9-11,13-14H2,1-3H3,(H,21,22)/q+1. The minimum Gasteiger partial charge on any atom is -0.347 e. The van der Waals surface area contributed by atoms with Gasteiger partial charge in [-0.1, -0.05) is 25.5 Å². The van der Waals surface area contributed by atoms with E-state index in [-0.39, 0.29) is 0 Å². The van der Waals surface area contributed by atoms with Crippen LogP contribution in [-0.2, 0) is 11.3 Å². The Balaban J connectivity index is 1.86. The number of H-pyrrole nitrogens is 1. The van der Waals surface area contributed by atoms with Crippen molar-refractivity contribution in [3.63, 3.8) is 0 Å². The predicted molar refractivity (Wildman–Crippen MR) is 101 cm³/mol. The maximum atomic E-state index is 13.3. The van der Waals surface area contributed by atoms with Gasteiger partial charge in [-0.2, -0.15) is 0 Å². The molecule has 1 unspecified atom stereocenters. The number of quaternary nitrogens is 1. The Morgan fingerprint density at radius 3 is 2.84 bits per heavy atom. The fraction of sp³-hybridized carbons (Fsp3) is 0.500. The summed E-state index contributed by atoms with van der Waals surface area (Å²) in [6, 6.07) is 6.38. The molecule has 1 N–H and O–H groups in total. The molecule has 25 heavy (non-hydrogen) atoms. The highest BCUT2D eigenvalue weighted by Gasteiger charge is 2.44. The number of nitrogens with zero attached hydrogens (tertiary/aromatic N) is 3. The Morgan fingerprint density at radius 1 is 1.32 bits per heavy atom. The highest BCUT2D eigenvalue weighted by molar-refractivity contribution is 5.91. The molecule has 0 saturated carbocycles. The van der Waals surface area contributed by atoms with Crippen molar-refractivity contribution in [3.05, 3.63) is 47.5 Å². The molecule has 134 valence electrons. The summed E-state index contributed by atoms with van der Waals surface area (Å²) < 4.78 is 0.501. The smallest absolute Gasteiger partial charge is 0.332 e. The van der Waals surface area contributed by atoms with Crippen molar-refractivity contribution >= 4 is 11.6 Å². The minimum atomic E-state index is 0.313. The Morgan fingerprint density at radius 2 is 2.16 bits per heavy atom. The van der Waals surface area contributed by atoms with Gasteiger partial charge in [0.15, 0.2) is 0 Å². The van der Waals surface area contributed by atoms with Gasteiger partial charge in [0, 0.05) is 30.5 Å². The molecule has 1 aliphatic rings. The first kappa shape index (κ1) is 17.8. The molecular formula is C20H29N4O+. The lowest BCUT2D eigenvalue weighted by molar-refractivity contribution is -0.135. The lowest BCUT2D eigenvalue weighted by atomic mass is 10.0. The van der Waals surface area contributed by atoms with Crippen molar-refractivity contribution < 1.29 is 4.79 Å². The lowest BCUT2D eigenvalue weighted by Crippen LogP contribution is -2.65. The van der Waals surface area contributed by atoms with Crippen LogP contribution in [0.15, 0.2) is 30.7 Å². The molecule has 1 atom stereocenters. The molecule has 5 heteroatoms. The zero-order chi connectivity index (χ0) is 17.9. The lowest BCUT2D eigenvalue weighted by Gasteiger charge is -2.42. The summed E-state index contributed by atoms with van der Waals surface area (Å²) in [7, 11) is 0. The normalized spacial score (nSPS) is 21.6. The highest BCUT2D eigenvalue weighted by Crippen LogP contribution is 2.32. The van der Waals surface area contributed by atoms with E-state index in [4.69, 9.17) is 0 Å². The van der Waals surface area contributed by atoms with Crippen molar-refractivity contribution in [1.29, 1.82) is 0 Å². The fourth-order valence-corrected chi connectivity index (χ4v) is 3.83. The first-order valence-corrected chi connectivity index (χ1v) is 9.23. The highest BCUT2D eigenvalue weighted by atomic mass is 16.2. The molecule has 1 amide bonds. The van der Waals surface area contributed by atoms with E-state index in [9.17, 15) is 4.79 Å². The summed E-state index contributed by atoms with van der Waals surface area (Å²) >= 11 is 0. The van der Waals surface area contributed by atoms with E-state index in [0.717, 1.165) is 44.7 Å². The number of unbranched alkanes of at least 4 members (excludes halogenated alkanes) is 1. The average Bonchev–Trinajstić information content (AvgIpc) is 3.10. The number of nitrogens with one attached hydrogen (secondary N) is 1. The van der Waals surface area contributed by atoms with E-state index in [0.29, 0.717) is 16.9 Å². The van der Waals surface area contributed by atoms with Crippen LogP contribution in [0.1, 0.15) is 36.6 Å². The maximum Gasteiger partial charge on any atom is 0.332 e. The SMILES string of the molecule is CCCC[N+]1(c2cccc(C)c2C)CCN(Cc2cnc[nH]2)CC1=O. The van der Waals surface area contributed by atoms with Gasteiger partial charge in [0.1, 0.15) is 18.8 Å². The predicted octanol–water partition coefficient (Wildman–Crippen LogP) is 3.18. The number of aromatic amines is 1. The topological polar surface area (TPSA) is 49.0 Å². The van der Waals surface area contributed by atoms with Gasteiger partial charge in [0.2, 0.25) is 0 Å². The molecule has 2 heterocycles. The Labute approximate surface area is 150 Å². The second kappa shape index (κ2) is 7.50. The van der Waals surface area contributed by atoms with Crippen LogP contribution >= 0.6 is 0 Å². The van der Waals surface area contributed by atoms with E-state index in [1.807, 2.05) is 6.20 Å². The molecule has 0 aliphatic carbocycles. The largest absolute Gasteiger partial charge is 0.347 e. The van der Waals surface area contributed by atoms with Crippen molar-refractivity contribution in [2.75, 3.05) is 26.2 Å². The first-order valence-electron chi connectivity index (χ1n) is 9.23. The quantitative estimate of drug-likeness (QED) is 0.821. The minimum absolute atomic E-state index is 0.313. The van der Waals surface area contributed by atoms with Crippen molar-refractivity contribution in [1.82, 2.24) is 19.4 Å². The van der Waals surface area contributed by atoms with Crippen molar-refractivity contribution in [2.45, 2.75) is 40.2 Å². The number of benzene rings is 1. The average molecular weight is 341 g/mol. The number of amides is 1. The molecule has 0 radical (unpaired) electrons. The zero-order valence-electron chi connectivity index (χ0n) is 15.6. The molecule has 1 aliphatic heterocycles. The van der Waals surface area contributed by atoms with E-state index in [1.54, 1.807) is 6.33 Å². The molecule has 0 spiro atoms. The number of piperazine rings is 1. The fourth-order valence-electron chi connectivity index (χ4n) is 3.83. The van der Waals surface area contributed by atoms with Gasteiger partial charge in [0.05, 0.1) is 12.9 Å². The third-order valence-corrected chi connectivity index (χ3v) is 5.51. The van der Waals surface area contributed by atoms with Crippen molar-refractivity contribution in [3.8, 4) is 0 Å². The monoisotopic (exact) mass is 341 g/mol. The van der Waals surface area contributed by atoms with Gasteiger partial charge in [-0.15, -0.1) is 0 Å². The summed E-state index contributed by atoms with van der Waals surface area (Å²) in [5.74, 6) is 0.313. The van der Waals surface area contributed by atoms with Gasteiger partial charge >= 0.3 is 5.91 Å². The second-order valence-corrected chi connectivity index (χ2v) is 7.17. The Kier molecular flexibility index (Phi) is 5.35. The number of aryl methyl sites for hydroxylation is 1. The Hall–Kier alpha value is -1.98. The van der Waals surface area contributed by atoms with Crippen LogP contribution in [0.4, 0.5) is 5.69 Å². The second-order valence-electron chi connectivity index (χ2n) is 7.17. The zero-order valence-corrected chi connectivity index (χ0v) is 15.6. The number of hydrogen-bond donors (Lipinski definition) is 1. The summed E-state index contributed by atoms with van der Waals surface area (Å²) in [5.41, 5.74) is 4.78. The third kappa shape index (κ3) is 3.53. The number of aromatic nitrogens is 2. The van der Waals surface area contributed by atoms with Crippen LogP contribution < -0.4 is 4.48 Å². The number of carbonyl (C=O) groups is 1. The van der Waals surface area contributed by atoms with Crippen LogP contribution in [0.3, 0.4) is 0 Å². The van der Waals surface area contributed by atoms with Gasteiger partial charge < -0.3 is 4.98 Å². The van der Waals surface area contributed by atoms with Crippen LogP contribution in [-0.4, -0.2) is 47.0 Å². The van der Waals surface area contributed by atoms with Gasteiger partial charge in [-0.05, 0) is 31.9 Å². The molecule has 1 saturated heterocycles. The molecule has 1 aromatic heterocycles. The van der Waals surface area contributed by atoms with Crippen LogP contribution in [0, 0.1) is 13.8 Å². The molecule has 1 aromatic carbocycles. The van der Waals surface area contributed by atoms with Crippen LogP contribution in [0.25, 0.3) is 0 Å². The molecule has 0 bridgehead atoms. The van der Waals surface area contributed by atoms with E-state index in [1.165, 1.54) is 16.8 Å². The number of hydrogen-bond acceptors (Lipinski definition) is 3. The summed E-state index contributed by atoms with van der Waals surface area (Å²) in [6.45, 7) is 10.4. The van der Waals surface area contributed by atoms with Gasteiger partial charge in [0.25, 0.3) is 0 Å². The van der Waals surface area contributed by atoms with E-state index >= 15 is 0 Å². The number of rotatable bonds is 6. The number of imidazole rings is 1. The first-order chi connectivity index (χ1) is 12.1. The molecule has 3 rings (SSSR count). The van der Waals surface area contributed by atoms with Gasteiger partial charge in [-0.25, -0.2) is 14.3 Å². The third-order valence-electron chi connectivity index (χ3n) is 5.51.